The van der Waals surface area contributed by atoms with Crippen LogP contribution in [0.25, 0.3) is 0 Å². The van der Waals surface area contributed by atoms with Crippen LogP contribution in [0.15, 0.2) is 0 Å². The minimum atomic E-state index is -0.113. The van der Waals surface area contributed by atoms with Crippen molar-refractivity contribution in [2.45, 2.75) is 0 Å². The number of hydrogen-bond acceptors (Lipinski definition) is 4. The summed E-state index contributed by atoms with van der Waals surface area (Å²) >= 11 is 4.33. The summed E-state index contributed by atoms with van der Waals surface area (Å²) in [6, 6.07) is 0. The molecule has 0 saturated heterocycles. The molecule has 0 aliphatic heterocycles. The van der Waals surface area contributed by atoms with Crippen LogP contribution in [0.5, 0.6) is 0 Å². The van der Waals surface area contributed by atoms with Gasteiger partial charge in [-0.1, -0.05) is 0 Å². The molecule has 0 bridgehead atoms. The molecule has 0 fully saturated rings. The van der Waals surface area contributed by atoms with Gasteiger partial charge in [0.15, 0.2) is 5.11 Å². The molecule has 0 radical (unpaired) electrons. The van der Waals surface area contributed by atoms with E-state index < -0.39 is 0 Å². The van der Waals surface area contributed by atoms with E-state index in [2.05, 4.69) is 17.6 Å². The van der Waals surface area contributed by atoms with Crippen LogP contribution < -0.4 is 11.2 Å². The third-order valence-electron chi connectivity index (χ3n) is 0.422. The normalized spacial score (nSPS) is 5.80. The van der Waals surface area contributed by atoms with Gasteiger partial charge in [-0.3, -0.25) is 5.43 Å². The lowest BCUT2D eigenvalue weighted by atomic mass is 11.0. The Morgan fingerprint density at radius 2 is 1.90 bits per heavy atom. The summed E-state index contributed by atoms with van der Waals surface area (Å²) in [7, 11) is 0. The molecule has 0 aliphatic rings. The summed E-state index contributed by atoms with van der Waals surface area (Å²) in [5.74, 6) is 0. The lowest BCUT2D eigenvalue weighted by Gasteiger charge is -2.03. The Bertz CT molecular complexity index is 176. The Balaban J connectivity index is 0. The number of nitrogens with two attached hydrogens (primary N) is 1. The van der Waals surface area contributed by atoms with E-state index in [0.29, 0.717) is 5.01 Å². The van der Waals surface area contributed by atoms with Crippen LogP contribution in [0.2, 0.25) is 0 Å². The first-order valence-electron chi connectivity index (χ1n) is 1.86. The Labute approximate surface area is 62.7 Å². The second kappa shape index (κ2) is 5.56. The van der Waals surface area contributed by atoms with Crippen molar-refractivity contribution in [3.63, 3.8) is 0 Å². The summed E-state index contributed by atoms with van der Waals surface area (Å²) in [5, 5.41) is 16.5. The lowest BCUT2D eigenvalue weighted by molar-refractivity contribution is 0.495. The van der Waals surface area contributed by atoms with Gasteiger partial charge in [0.1, 0.15) is 0 Å². The van der Waals surface area contributed by atoms with Crippen molar-refractivity contribution in [2.24, 2.45) is 5.73 Å². The van der Waals surface area contributed by atoms with Gasteiger partial charge >= 0.3 is 0 Å². The zero-order chi connectivity index (χ0) is 7.28. The minimum Gasteiger partial charge on any atom is -0.412 e. The highest BCUT2D eigenvalue weighted by atomic mass is 32.1. The van der Waals surface area contributed by atoms with Gasteiger partial charge in [-0.05, 0) is 12.2 Å². The number of nitrogens with one attached hydrogen (secondary N) is 1. The topological polar surface area (TPSA) is 120 Å². The van der Waals surface area contributed by atoms with Gasteiger partial charge in [0, 0.05) is 0 Å². The van der Waals surface area contributed by atoms with E-state index in [1.165, 1.54) is 12.4 Å². The Kier molecular flexibility index (Phi) is 6.26. The Morgan fingerprint density at radius 1 is 1.50 bits per heavy atom. The van der Waals surface area contributed by atoms with Gasteiger partial charge < -0.3 is 11.2 Å². The van der Waals surface area contributed by atoms with Crippen molar-refractivity contribution in [2.75, 3.05) is 0 Å². The highest BCUT2D eigenvalue weighted by Gasteiger charge is 1.95. The molecule has 0 spiro atoms. The van der Waals surface area contributed by atoms with E-state index in [1.54, 1.807) is 0 Å². The fraction of sp³-hybridized carbons (Fsp3) is 0. The summed E-state index contributed by atoms with van der Waals surface area (Å²) in [5.41, 5.74) is 7.02. The largest absolute Gasteiger partial charge is 0.412 e. The standard InChI is InChI=1S/C3H3N5S.H2O/c4-1-8(2-5)7-3(6)9;/h(H3,6,7,9);1H2. The number of hydrazine groups is 1. The van der Waals surface area contributed by atoms with Crippen molar-refractivity contribution in [3.05, 3.63) is 0 Å². The average Bonchev–Trinajstić information content (AvgIpc) is 1.82. The van der Waals surface area contributed by atoms with Crippen molar-refractivity contribution >= 4 is 17.3 Å². The molecule has 6 nitrogen and oxygen atoms in total. The smallest absolute Gasteiger partial charge is 0.215 e. The van der Waals surface area contributed by atoms with Gasteiger partial charge in [-0.25, -0.2) is 0 Å². The molecule has 0 aromatic carbocycles. The molecule has 0 heterocycles. The lowest BCUT2D eigenvalue weighted by Crippen LogP contribution is -2.38. The molecular weight excluding hydrogens is 154 g/mol. The molecular formula is C3H5N5OS. The molecule has 0 amide bonds. The van der Waals surface area contributed by atoms with Crippen molar-refractivity contribution < 1.29 is 5.48 Å². The van der Waals surface area contributed by atoms with Crippen LogP contribution in [0, 0.1) is 22.9 Å². The van der Waals surface area contributed by atoms with E-state index in [0.717, 1.165) is 0 Å². The zero-order valence-corrected chi connectivity index (χ0v) is 5.64. The number of nitriles is 2. The third-order valence-corrected chi connectivity index (χ3v) is 0.513. The van der Waals surface area contributed by atoms with E-state index in [4.69, 9.17) is 16.3 Å². The molecule has 0 rings (SSSR count). The molecule has 0 saturated carbocycles. The predicted octanol–water partition coefficient (Wildman–Crippen LogP) is -1.83. The van der Waals surface area contributed by atoms with Gasteiger partial charge in [0.2, 0.25) is 12.4 Å². The maximum Gasteiger partial charge on any atom is 0.215 e. The van der Waals surface area contributed by atoms with Gasteiger partial charge in [-0.2, -0.15) is 10.5 Å². The monoisotopic (exact) mass is 159 g/mol. The fourth-order valence-electron chi connectivity index (χ4n) is 0.183. The molecule has 10 heavy (non-hydrogen) atoms. The highest BCUT2D eigenvalue weighted by Crippen LogP contribution is 1.69. The first-order chi connectivity index (χ1) is 4.20. The van der Waals surface area contributed by atoms with Crippen molar-refractivity contribution in [1.29, 1.82) is 10.5 Å². The summed E-state index contributed by atoms with van der Waals surface area (Å²) in [6.07, 6.45) is 2.95. The first kappa shape index (κ1) is 11.3. The zero-order valence-electron chi connectivity index (χ0n) is 4.83. The maximum atomic E-state index is 8.05. The summed E-state index contributed by atoms with van der Waals surface area (Å²) in [6.45, 7) is 0. The molecule has 0 aromatic heterocycles. The van der Waals surface area contributed by atoms with Crippen LogP contribution >= 0.6 is 12.2 Å². The fourth-order valence-corrected chi connectivity index (χ4v) is 0.274. The molecule has 5 N–H and O–H groups in total. The molecule has 7 heteroatoms. The molecule has 0 atom stereocenters. The second-order valence-electron chi connectivity index (χ2n) is 1.01. The van der Waals surface area contributed by atoms with E-state index in [-0.39, 0.29) is 10.6 Å². The number of rotatable bonds is 1. The minimum absolute atomic E-state index is 0. The number of nitrogens with zero attached hydrogens (tertiary/aromatic N) is 3. The van der Waals surface area contributed by atoms with Crippen LogP contribution in [0.3, 0.4) is 0 Å². The first-order valence-corrected chi connectivity index (χ1v) is 2.27. The third kappa shape index (κ3) is 4.59. The Hall–Kier alpha value is -1.57. The SMILES string of the molecule is N#CN(C#N)NC(N)=S.O. The summed E-state index contributed by atoms with van der Waals surface area (Å²) in [4.78, 5) is 0. The van der Waals surface area contributed by atoms with Crippen LogP contribution in [-0.4, -0.2) is 15.6 Å². The second-order valence-corrected chi connectivity index (χ2v) is 1.45. The quantitative estimate of drug-likeness (QED) is 0.201. The molecule has 0 aromatic rings. The highest BCUT2D eigenvalue weighted by molar-refractivity contribution is 7.80. The van der Waals surface area contributed by atoms with E-state index in [1.807, 2.05) is 0 Å². The van der Waals surface area contributed by atoms with Crippen LogP contribution in [0.1, 0.15) is 0 Å². The van der Waals surface area contributed by atoms with Gasteiger partial charge in [0.05, 0.1) is 0 Å². The van der Waals surface area contributed by atoms with Gasteiger partial charge in [0.25, 0.3) is 0 Å². The van der Waals surface area contributed by atoms with Crippen molar-refractivity contribution in [1.82, 2.24) is 10.4 Å². The summed E-state index contributed by atoms with van der Waals surface area (Å²) < 4.78 is 0. The number of hydrogen-bond donors (Lipinski definition) is 2. The van der Waals surface area contributed by atoms with Crippen LogP contribution in [0.4, 0.5) is 0 Å². The van der Waals surface area contributed by atoms with Gasteiger partial charge in [-0.15, -0.1) is 5.01 Å². The van der Waals surface area contributed by atoms with Crippen molar-refractivity contribution in [3.8, 4) is 12.4 Å². The maximum absolute atomic E-state index is 8.05. The average molecular weight is 159 g/mol. The van der Waals surface area contributed by atoms with E-state index in [9.17, 15) is 0 Å². The number of thiocarbonyl (C=S) groups is 1. The Morgan fingerprint density at radius 3 is 2.00 bits per heavy atom. The molecule has 54 valence electrons. The van der Waals surface area contributed by atoms with E-state index >= 15 is 0 Å². The molecule has 0 unspecified atom stereocenters. The van der Waals surface area contributed by atoms with Crippen LogP contribution in [-0.2, 0) is 0 Å². The predicted molar refractivity (Wildman–Crippen MR) is 36.6 cm³/mol. The molecule has 0 aliphatic carbocycles.